The molecule has 0 aliphatic heterocycles. The highest BCUT2D eigenvalue weighted by Gasteiger charge is 2.20. The fourth-order valence-electron chi connectivity index (χ4n) is 1.84. The number of carbonyl (C=O) groups is 1. The van der Waals surface area contributed by atoms with Crippen molar-refractivity contribution in [2.45, 2.75) is 13.0 Å². The molecule has 0 radical (unpaired) electrons. The van der Waals surface area contributed by atoms with Crippen LogP contribution < -0.4 is 0 Å². The highest BCUT2D eigenvalue weighted by molar-refractivity contribution is 6.01. The smallest absolute Gasteiger partial charge is 0.196 e. The Kier molecular flexibility index (Phi) is 3.53. The van der Waals surface area contributed by atoms with Gasteiger partial charge >= 0.3 is 0 Å². The zero-order valence-electron chi connectivity index (χ0n) is 9.93. The molecule has 18 heavy (non-hydrogen) atoms. The van der Waals surface area contributed by atoms with E-state index in [1.165, 1.54) is 18.2 Å². The van der Waals surface area contributed by atoms with Gasteiger partial charge in [-0.1, -0.05) is 30.3 Å². The fraction of sp³-hybridized carbons (Fsp3) is 0.133. The monoisotopic (exact) mass is 244 g/mol. The SMILES string of the molecule is Cc1cc(F)ccc1C(=O)C(O)c1ccccc1. The van der Waals surface area contributed by atoms with Crippen LogP contribution in [0.4, 0.5) is 4.39 Å². The molecule has 0 saturated heterocycles. The lowest BCUT2D eigenvalue weighted by Gasteiger charge is -2.11. The number of benzene rings is 2. The number of hydrogen-bond acceptors (Lipinski definition) is 2. The number of carbonyl (C=O) groups excluding carboxylic acids is 1. The van der Waals surface area contributed by atoms with Crippen molar-refractivity contribution in [1.29, 1.82) is 0 Å². The van der Waals surface area contributed by atoms with Crippen LogP contribution in [0.2, 0.25) is 0 Å². The standard InChI is InChI=1S/C15H13FO2/c1-10-9-12(16)7-8-13(10)15(18)14(17)11-5-3-2-4-6-11/h2-9,14,17H,1H3. The topological polar surface area (TPSA) is 37.3 Å². The lowest BCUT2D eigenvalue weighted by atomic mass is 9.97. The summed E-state index contributed by atoms with van der Waals surface area (Å²) in [6.45, 7) is 1.65. The van der Waals surface area contributed by atoms with Crippen molar-refractivity contribution in [2.75, 3.05) is 0 Å². The van der Waals surface area contributed by atoms with Gasteiger partial charge in [-0.15, -0.1) is 0 Å². The number of aliphatic hydroxyl groups excluding tert-OH is 1. The van der Waals surface area contributed by atoms with Crippen LogP contribution in [0, 0.1) is 12.7 Å². The quantitative estimate of drug-likeness (QED) is 0.842. The first-order valence-corrected chi connectivity index (χ1v) is 5.63. The number of ketones is 1. The van der Waals surface area contributed by atoms with Crippen LogP contribution in [-0.2, 0) is 0 Å². The molecule has 2 aromatic rings. The maximum Gasteiger partial charge on any atom is 0.196 e. The fourth-order valence-corrected chi connectivity index (χ4v) is 1.84. The normalized spacial score (nSPS) is 12.2. The van der Waals surface area contributed by atoms with E-state index in [0.717, 1.165) is 0 Å². The zero-order valence-corrected chi connectivity index (χ0v) is 9.93. The van der Waals surface area contributed by atoms with E-state index in [0.29, 0.717) is 16.7 Å². The summed E-state index contributed by atoms with van der Waals surface area (Å²) in [6.07, 6.45) is -1.21. The van der Waals surface area contributed by atoms with E-state index in [1.54, 1.807) is 31.2 Å². The summed E-state index contributed by atoms with van der Waals surface area (Å²) in [5.41, 5.74) is 1.40. The maximum atomic E-state index is 13.0. The second kappa shape index (κ2) is 5.10. The molecular formula is C15H13FO2. The average molecular weight is 244 g/mol. The third kappa shape index (κ3) is 2.46. The Bertz CT molecular complexity index is 564. The van der Waals surface area contributed by atoms with E-state index < -0.39 is 17.7 Å². The predicted molar refractivity (Wildman–Crippen MR) is 66.9 cm³/mol. The molecule has 1 N–H and O–H groups in total. The molecule has 3 heteroatoms. The molecule has 0 aliphatic carbocycles. The van der Waals surface area contributed by atoms with E-state index in [-0.39, 0.29) is 0 Å². The summed E-state index contributed by atoms with van der Waals surface area (Å²) in [5, 5.41) is 9.99. The Balaban J connectivity index is 2.32. The summed E-state index contributed by atoms with van der Waals surface area (Å²) in [4.78, 5) is 12.1. The van der Waals surface area contributed by atoms with Crippen molar-refractivity contribution >= 4 is 5.78 Å². The molecule has 2 rings (SSSR count). The van der Waals surface area contributed by atoms with Crippen LogP contribution in [0.15, 0.2) is 48.5 Å². The molecule has 2 aromatic carbocycles. The van der Waals surface area contributed by atoms with Gasteiger partial charge in [0, 0.05) is 5.56 Å². The number of aliphatic hydroxyl groups is 1. The first-order chi connectivity index (χ1) is 8.59. The minimum Gasteiger partial charge on any atom is -0.380 e. The van der Waals surface area contributed by atoms with Gasteiger partial charge in [0.05, 0.1) is 0 Å². The van der Waals surface area contributed by atoms with Crippen molar-refractivity contribution in [3.8, 4) is 0 Å². The highest BCUT2D eigenvalue weighted by atomic mass is 19.1. The zero-order chi connectivity index (χ0) is 13.1. The van der Waals surface area contributed by atoms with E-state index >= 15 is 0 Å². The molecule has 0 aliphatic rings. The number of Topliss-reactive ketones (excluding diaryl/α,β-unsaturated/α-hetero) is 1. The van der Waals surface area contributed by atoms with Gasteiger partial charge in [-0.25, -0.2) is 4.39 Å². The Morgan fingerprint density at radius 2 is 1.83 bits per heavy atom. The van der Waals surface area contributed by atoms with Crippen molar-refractivity contribution in [3.05, 3.63) is 71.0 Å². The number of halogens is 1. The van der Waals surface area contributed by atoms with Gasteiger partial charge in [-0.05, 0) is 36.2 Å². The molecule has 0 bridgehead atoms. The third-order valence-electron chi connectivity index (χ3n) is 2.82. The number of aryl methyl sites for hydroxylation is 1. The van der Waals surface area contributed by atoms with Gasteiger partial charge in [0.1, 0.15) is 11.9 Å². The summed E-state index contributed by atoms with van der Waals surface area (Å²) in [7, 11) is 0. The summed E-state index contributed by atoms with van der Waals surface area (Å²) in [5.74, 6) is -0.808. The van der Waals surface area contributed by atoms with E-state index in [9.17, 15) is 14.3 Å². The van der Waals surface area contributed by atoms with Crippen molar-refractivity contribution < 1.29 is 14.3 Å². The first-order valence-electron chi connectivity index (χ1n) is 5.63. The molecule has 0 amide bonds. The van der Waals surface area contributed by atoms with Crippen LogP contribution in [0.5, 0.6) is 0 Å². The number of hydrogen-bond donors (Lipinski definition) is 1. The molecule has 2 nitrogen and oxygen atoms in total. The Hall–Kier alpha value is -2.00. The second-order valence-corrected chi connectivity index (χ2v) is 4.14. The van der Waals surface area contributed by atoms with Gasteiger partial charge in [0.2, 0.25) is 0 Å². The third-order valence-corrected chi connectivity index (χ3v) is 2.82. The number of rotatable bonds is 3. The second-order valence-electron chi connectivity index (χ2n) is 4.14. The summed E-state index contributed by atoms with van der Waals surface area (Å²) >= 11 is 0. The minimum absolute atomic E-state index is 0.341. The van der Waals surface area contributed by atoms with Gasteiger partial charge < -0.3 is 5.11 Å². The molecular weight excluding hydrogens is 231 g/mol. The largest absolute Gasteiger partial charge is 0.380 e. The molecule has 1 atom stereocenters. The van der Waals surface area contributed by atoms with Crippen molar-refractivity contribution in [3.63, 3.8) is 0 Å². The molecule has 0 spiro atoms. The molecule has 0 fully saturated rings. The Morgan fingerprint density at radius 3 is 2.44 bits per heavy atom. The van der Waals surface area contributed by atoms with Gasteiger partial charge in [0.25, 0.3) is 0 Å². The van der Waals surface area contributed by atoms with Gasteiger partial charge in [-0.3, -0.25) is 4.79 Å². The average Bonchev–Trinajstić information content (AvgIpc) is 2.38. The summed E-state index contributed by atoms with van der Waals surface area (Å²) < 4.78 is 13.0. The van der Waals surface area contributed by atoms with Crippen molar-refractivity contribution in [1.82, 2.24) is 0 Å². The minimum atomic E-state index is -1.21. The van der Waals surface area contributed by atoms with Crippen LogP contribution >= 0.6 is 0 Å². The van der Waals surface area contributed by atoms with E-state index in [4.69, 9.17) is 0 Å². The summed E-state index contributed by atoms with van der Waals surface area (Å²) in [6, 6.07) is 12.6. The molecule has 0 heterocycles. The predicted octanol–water partition coefficient (Wildman–Crippen LogP) is 3.05. The van der Waals surface area contributed by atoms with Crippen LogP contribution in [0.1, 0.15) is 27.6 Å². The Morgan fingerprint density at radius 1 is 1.17 bits per heavy atom. The molecule has 0 aromatic heterocycles. The van der Waals surface area contributed by atoms with Crippen LogP contribution in [0.3, 0.4) is 0 Å². The van der Waals surface area contributed by atoms with Crippen molar-refractivity contribution in [2.24, 2.45) is 0 Å². The first kappa shape index (κ1) is 12.5. The lowest BCUT2D eigenvalue weighted by molar-refractivity contribution is 0.0746. The van der Waals surface area contributed by atoms with Gasteiger partial charge in [-0.2, -0.15) is 0 Å². The maximum absolute atomic E-state index is 13.0. The van der Waals surface area contributed by atoms with E-state index in [1.807, 2.05) is 6.07 Å². The highest BCUT2D eigenvalue weighted by Crippen LogP contribution is 2.20. The van der Waals surface area contributed by atoms with Crippen LogP contribution in [0.25, 0.3) is 0 Å². The van der Waals surface area contributed by atoms with E-state index in [2.05, 4.69) is 0 Å². The van der Waals surface area contributed by atoms with Crippen LogP contribution in [-0.4, -0.2) is 10.9 Å². The molecule has 1 unspecified atom stereocenters. The Labute approximate surface area is 105 Å². The van der Waals surface area contributed by atoms with Gasteiger partial charge in [0.15, 0.2) is 5.78 Å². The molecule has 92 valence electrons. The molecule has 0 saturated carbocycles. The lowest BCUT2D eigenvalue weighted by Crippen LogP contribution is -2.13.